The Bertz CT molecular complexity index is 1320. The van der Waals surface area contributed by atoms with Crippen LogP contribution in [0.2, 0.25) is 0 Å². The average Bonchev–Trinajstić information content (AvgIpc) is 3.45. The summed E-state index contributed by atoms with van der Waals surface area (Å²) in [6.45, 7) is 0.0664. The molecule has 0 radical (unpaired) electrons. The van der Waals surface area contributed by atoms with Crippen molar-refractivity contribution in [1.29, 1.82) is 0 Å². The predicted molar refractivity (Wildman–Crippen MR) is 121 cm³/mol. The molecule has 1 amide bonds. The third-order valence-corrected chi connectivity index (χ3v) is 5.71. The first-order chi connectivity index (χ1) is 16.5. The minimum atomic E-state index is -0.988. The molecule has 1 unspecified atom stereocenters. The topological polar surface area (TPSA) is 107 Å². The van der Waals surface area contributed by atoms with Crippen LogP contribution in [0.4, 0.5) is 5.69 Å². The Balaban J connectivity index is 1.72. The molecule has 0 aliphatic carbocycles. The Hall–Kier alpha value is -4.53. The largest absolute Gasteiger partial charge is 0.507 e. The van der Waals surface area contributed by atoms with Crippen molar-refractivity contribution in [1.82, 2.24) is 4.98 Å². The molecule has 34 heavy (non-hydrogen) atoms. The Labute approximate surface area is 194 Å². The molecule has 172 valence electrons. The highest BCUT2D eigenvalue weighted by molar-refractivity contribution is 6.51. The van der Waals surface area contributed by atoms with E-state index in [4.69, 9.17) is 18.9 Å². The lowest BCUT2D eigenvalue weighted by molar-refractivity contribution is -0.132. The van der Waals surface area contributed by atoms with Crippen LogP contribution < -0.4 is 23.8 Å². The Morgan fingerprint density at radius 1 is 1.03 bits per heavy atom. The molecule has 1 aromatic heterocycles. The van der Waals surface area contributed by atoms with Crippen LogP contribution in [-0.4, -0.2) is 42.8 Å². The summed E-state index contributed by atoms with van der Waals surface area (Å²) in [6, 6.07) is 13.9. The van der Waals surface area contributed by atoms with Gasteiger partial charge in [-0.15, -0.1) is 0 Å². The van der Waals surface area contributed by atoms with E-state index in [1.54, 1.807) is 54.7 Å². The summed E-state index contributed by atoms with van der Waals surface area (Å²) < 4.78 is 21.5. The summed E-state index contributed by atoms with van der Waals surface area (Å²) >= 11 is 0. The number of aromatic nitrogens is 1. The number of aliphatic hydroxyl groups excluding tert-OH is 1. The summed E-state index contributed by atoms with van der Waals surface area (Å²) in [5.41, 5.74) is 0.904. The fourth-order valence-corrected chi connectivity index (χ4v) is 4.10. The molecule has 2 aromatic carbocycles. The lowest BCUT2D eigenvalue weighted by Gasteiger charge is -2.25. The number of hydrogen-bond acceptors (Lipinski definition) is 8. The lowest BCUT2D eigenvalue weighted by atomic mass is 9.97. The zero-order valence-electron chi connectivity index (χ0n) is 18.3. The number of rotatable bonds is 5. The third kappa shape index (κ3) is 3.38. The molecule has 2 aliphatic heterocycles. The zero-order valence-corrected chi connectivity index (χ0v) is 18.3. The molecule has 3 aromatic rings. The van der Waals surface area contributed by atoms with Crippen LogP contribution >= 0.6 is 0 Å². The predicted octanol–water partition coefficient (Wildman–Crippen LogP) is 3.45. The number of aliphatic hydroxyl groups is 1. The number of ether oxygens (including phenoxy) is 4. The van der Waals surface area contributed by atoms with Crippen LogP contribution in [-0.2, 0) is 9.59 Å². The van der Waals surface area contributed by atoms with Crippen molar-refractivity contribution in [3.05, 3.63) is 77.6 Å². The van der Waals surface area contributed by atoms with E-state index >= 15 is 0 Å². The van der Waals surface area contributed by atoms with Crippen LogP contribution in [0.5, 0.6) is 23.0 Å². The number of benzene rings is 2. The number of anilines is 1. The van der Waals surface area contributed by atoms with E-state index in [0.717, 1.165) is 0 Å². The monoisotopic (exact) mass is 460 g/mol. The van der Waals surface area contributed by atoms with Crippen molar-refractivity contribution in [3.8, 4) is 23.0 Å². The number of Topliss-reactive ketones (excluding diaryl/α,β-unsaturated/α-hetero) is 1. The number of methoxy groups -OCH3 is 2. The minimum Gasteiger partial charge on any atom is -0.507 e. The van der Waals surface area contributed by atoms with E-state index in [0.29, 0.717) is 34.4 Å². The first kappa shape index (κ1) is 21.3. The first-order valence-corrected chi connectivity index (χ1v) is 10.4. The zero-order chi connectivity index (χ0) is 23.8. The Morgan fingerprint density at radius 2 is 1.85 bits per heavy atom. The molecule has 3 heterocycles. The number of hydrogen-bond donors (Lipinski definition) is 1. The van der Waals surface area contributed by atoms with Gasteiger partial charge in [0.25, 0.3) is 11.7 Å². The van der Waals surface area contributed by atoms with Gasteiger partial charge in [-0.25, -0.2) is 0 Å². The van der Waals surface area contributed by atoms with Gasteiger partial charge >= 0.3 is 0 Å². The molecule has 0 saturated carbocycles. The van der Waals surface area contributed by atoms with Gasteiger partial charge in [0.1, 0.15) is 23.3 Å². The van der Waals surface area contributed by atoms with Crippen LogP contribution in [0.1, 0.15) is 17.3 Å². The van der Waals surface area contributed by atoms with E-state index in [1.807, 2.05) is 0 Å². The van der Waals surface area contributed by atoms with Gasteiger partial charge in [-0.1, -0.05) is 6.07 Å². The smallest absolute Gasteiger partial charge is 0.300 e. The van der Waals surface area contributed by atoms with E-state index < -0.39 is 23.5 Å². The highest BCUT2D eigenvalue weighted by Gasteiger charge is 2.48. The van der Waals surface area contributed by atoms with Gasteiger partial charge in [-0.2, -0.15) is 0 Å². The van der Waals surface area contributed by atoms with Crippen molar-refractivity contribution in [2.24, 2.45) is 0 Å². The number of nitrogens with zero attached hydrogens (tertiary/aromatic N) is 2. The summed E-state index contributed by atoms with van der Waals surface area (Å²) in [5.74, 6) is -0.305. The average molecular weight is 460 g/mol. The Kier molecular flexibility index (Phi) is 5.29. The second kappa shape index (κ2) is 8.43. The van der Waals surface area contributed by atoms with E-state index in [2.05, 4.69) is 4.98 Å². The highest BCUT2D eigenvalue weighted by Crippen LogP contribution is 2.45. The molecule has 1 fully saturated rings. The molecule has 1 N–H and O–H groups in total. The number of fused-ring (bicyclic) bond motifs is 1. The maximum atomic E-state index is 13.3. The molecule has 0 bridgehead atoms. The maximum Gasteiger partial charge on any atom is 0.300 e. The van der Waals surface area contributed by atoms with Crippen molar-refractivity contribution < 1.29 is 33.6 Å². The summed E-state index contributed by atoms with van der Waals surface area (Å²) in [5, 5.41) is 11.4. The first-order valence-electron chi connectivity index (χ1n) is 10.4. The minimum absolute atomic E-state index is 0.0664. The molecule has 1 saturated heterocycles. The van der Waals surface area contributed by atoms with Crippen LogP contribution in [0.3, 0.4) is 0 Å². The molecule has 1 atom stereocenters. The van der Waals surface area contributed by atoms with Gasteiger partial charge in [0.15, 0.2) is 11.5 Å². The summed E-state index contributed by atoms with van der Waals surface area (Å²) in [7, 11) is 2.93. The number of ketones is 1. The van der Waals surface area contributed by atoms with Crippen molar-refractivity contribution >= 4 is 23.1 Å². The molecular weight excluding hydrogens is 440 g/mol. The molecule has 0 spiro atoms. The quantitative estimate of drug-likeness (QED) is 0.351. The van der Waals surface area contributed by atoms with E-state index in [-0.39, 0.29) is 17.9 Å². The van der Waals surface area contributed by atoms with Crippen molar-refractivity contribution in [2.75, 3.05) is 25.9 Å². The third-order valence-electron chi connectivity index (χ3n) is 5.71. The van der Waals surface area contributed by atoms with Crippen LogP contribution in [0.25, 0.3) is 5.76 Å². The van der Waals surface area contributed by atoms with Gasteiger partial charge in [-0.3, -0.25) is 19.5 Å². The fourth-order valence-electron chi connectivity index (χ4n) is 4.10. The second-order valence-electron chi connectivity index (χ2n) is 7.53. The van der Waals surface area contributed by atoms with Crippen LogP contribution in [0.15, 0.2) is 66.4 Å². The van der Waals surface area contributed by atoms with Crippen molar-refractivity contribution in [3.63, 3.8) is 0 Å². The van der Waals surface area contributed by atoms with Gasteiger partial charge in [0, 0.05) is 18.0 Å². The highest BCUT2D eigenvalue weighted by atomic mass is 16.7. The summed E-state index contributed by atoms with van der Waals surface area (Å²) in [6.07, 6.45) is 1.56. The number of carbonyl (C=O) groups is 2. The molecule has 9 heteroatoms. The van der Waals surface area contributed by atoms with E-state index in [9.17, 15) is 14.7 Å². The van der Waals surface area contributed by atoms with Crippen LogP contribution in [0, 0.1) is 0 Å². The standard InChI is InChI=1S/C25H20N2O7/c1-31-15-7-9-18(32-2)16(12-15)23(28)21-22(17-5-3-4-10-26-17)27(25(30)24(21)29)14-6-8-19-20(11-14)34-13-33-19/h3-12,22,28H,13H2,1-2H3/b23-21+. The van der Waals surface area contributed by atoms with Gasteiger partial charge in [0.2, 0.25) is 6.79 Å². The van der Waals surface area contributed by atoms with Gasteiger partial charge in [-0.05, 0) is 42.5 Å². The number of carbonyl (C=O) groups excluding carboxylic acids is 2. The molecule has 9 nitrogen and oxygen atoms in total. The van der Waals surface area contributed by atoms with Crippen molar-refractivity contribution in [2.45, 2.75) is 6.04 Å². The SMILES string of the molecule is COc1ccc(OC)c(/C(O)=C2\C(=O)C(=O)N(c3ccc4c(c3)OCO4)C2c2ccccn2)c1. The second-order valence-corrected chi connectivity index (χ2v) is 7.53. The number of amides is 1. The fraction of sp³-hybridized carbons (Fsp3) is 0.160. The Morgan fingerprint density at radius 3 is 2.59 bits per heavy atom. The number of pyridine rings is 1. The normalized spacial score (nSPS) is 18.3. The van der Waals surface area contributed by atoms with E-state index in [1.165, 1.54) is 25.2 Å². The molecule has 5 rings (SSSR count). The molecule has 2 aliphatic rings. The molecular formula is C25H20N2O7. The summed E-state index contributed by atoms with van der Waals surface area (Å²) in [4.78, 5) is 32.3. The van der Waals surface area contributed by atoms with Gasteiger partial charge in [0.05, 0.1) is 31.1 Å². The maximum absolute atomic E-state index is 13.3. The van der Waals surface area contributed by atoms with Gasteiger partial charge < -0.3 is 24.1 Å². The lowest BCUT2D eigenvalue weighted by Crippen LogP contribution is -2.29.